The molecule has 0 aliphatic carbocycles. The van der Waals surface area contributed by atoms with Crippen molar-refractivity contribution in [3.8, 4) is 0 Å². The van der Waals surface area contributed by atoms with Crippen LogP contribution in [0, 0.1) is 11.8 Å². The van der Waals surface area contributed by atoms with Crippen molar-refractivity contribution in [1.82, 2.24) is 0 Å². The van der Waals surface area contributed by atoms with E-state index in [4.69, 9.17) is 9.47 Å². The van der Waals surface area contributed by atoms with Gasteiger partial charge in [0, 0.05) is 0 Å². The van der Waals surface area contributed by atoms with Crippen molar-refractivity contribution in [3.63, 3.8) is 0 Å². The van der Waals surface area contributed by atoms with Crippen molar-refractivity contribution in [3.05, 3.63) is 42.0 Å². The Kier molecular flexibility index (Phi) is 3.13. The third kappa shape index (κ3) is 1.71. The van der Waals surface area contributed by atoms with Crippen LogP contribution in [-0.4, -0.2) is 48.3 Å². The third-order valence-corrected chi connectivity index (χ3v) is 4.95. The van der Waals surface area contributed by atoms with Crippen molar-refractivity contribution in [2.75, 3.05) is 18.6 Å². The van der Waals surface area contributed by atoms with E-state index in [-0.39, 0.29) is 17.9 Å². The molecule has 0 aromatic heterocycles. The van der Waals surface area contributed by atoms with E-state index in [1.807, 2.05) is 0 Å². The maximum absolute atomic E-state index is 12.9. The second kappa shape index (κ2) is 4.99. The fourth-order valence-electron chi connectivity index (χ4n) is 3.87. The Morgan fingerprint density at radius 2 is 2.08 bits per heavy atom. The fourth-order valence-corrected chi connectivity index (χ4v) is 3.87. The summed E-state index contributed by atoms with van der Waals surface area (Å²) in [5.74, 6) is -2.98. The Morgan fingerprint density at radius 1 is 1.33 bits per heavy atom. The Morgan fingerprint density at radius 3 is 2.79 bits per heavy atom. The van der Waals surface area contributed by atoms with Gasteiger partial charge in [0.2, 0.25) is 11.8 Å². The zero-order valence-electron chi connectivity index (χ0n) is 12.8. The number of rotatable bonds is 3. The molecule has 7 heteroatoms. The number of benzene rings is 1. The normalized spacial score (nSPS) is 33.2. The van der Waals surface area contributed by atoms with Crippen LogP contribution in [0.3, 0.4) is 0 Å². The molecule has 2 saturated heterocycles. The number of hydrogen-bond donors (Lipinski definition) is 1. The second-order valence-corrected chi connectivity index (χ2v) is 6.08. The molecule has 4 atom stereocenters. The molecule has 0 spiro atoms. The SMILES string of the molecule is COC(=O)c1ccccc1N1C(=O)[C@H]2[C@@H](C1=O)[C@]1(CO)C=C[C@H]2O1. The molecule has 1 aromatic carbocycles. The van der Waals surface area contributed by atoms with Gasteiger partial charge in [0.15, 0.2) is 0 Å². The molecule has 0 radical (unpaired) electrons. The number of para-hydroxylation sites is 1. The van der Waals surface area contributed by atoms with Crippen LogP contribution in [0.5, 0.6) is 0 Å². The number of aliphatic hydroxyl groups is 1. The second-order valence-electron chi connectivity index (χ2n) is 6.08. The van der Waals surface area contributed by atoms with Crippen LogP contribution in [0.15, 0.2) is 36.4 Å². The zero-order chi connectivity index (χ0) is 17.1. The first-order valence-electron chi connectivity index (χ1n) is 7.57. The number of amides is 2. The first-order valence-corrected chi connectivity index (χ1v) is 7.57. The molecular weight excluding hydrogens is 314 g/mol. The van der Waals surface area contributed by atoms with Crippen molar-refractivity contribution in [2.45, 2.75) is 11.7 Å². The highest BCUT2D eigenvalue weighted by atomic mass is 16.5. The number of fused-ring (bicyclic) bond motifs is 5. The van der Waals surface area contributed by atoms with Crippen LogP contribution in [0.4, 0.5) is 5.69 Å². The van der Waals surface area contributed by atoms with E-state index >= 15 is 0 Å². The molecule has 3 heterocycles. The largest absolute Gasteiger partial charge is 0.465 e. The number of ether oxygens (including phenoxy) is 2. The van der Waals surface area contributed by atoms with E-state index in [1.54, 1.807) is 24.3 Å². The molecule has 2 fully saturated rings. The van der Waals surface area contributed by atoms with Crippen LogP contribution in [-0.2, 0) is 19.1 Å². The number of anilines is 1. The minimum atomic E-state index is -1.16. The topological polar surface area (TPSA) is 93.1 Å². The molecule has 24 heavy (non-hydrogen) atoms. The highest BCUT2D eigenvalue weighted by molar-refractivity contribution is 6.25. The van der Waals surface area contributed by atoms with Crippen LogP contribution < -0.4 is 4.90 Å². The molecule has 1 N–H and O–H groups in total. The number of carbonyl (C=O) groups is 3. The van der Waals surface area contributed by atoms with Crippen molar-refractivity contribution in [2.24, 2.45) is 11.8 Å². The van der Waals surface area contributed by atoms with Crippen LogP contribution in [0.2, 0.25) is 0 Å². The Hall–Kier alpha value is -2.51. The summed E-state index contributed by atoms with van der Waals surface area (Å²) < 4.78 is 10.4. The van der Waals surface area contributed by atoms with Gasteiger partial charge in [-0.2, -0.15) is 0 Å². The minimum Gasteiger partial charge on any atom is -0.465 e. The number of hydrogen-bond acceptors (Lipinski definition) is 6. The Labute approximate surface area is 137 Å². The molecule has 3 aliphatic rings. The molecule has 3 aliphatic heterocycles. The number of nitrogens with zero attached hydrogens (tertiary/aromatic N) is 1. The lowest BCUT2D eigenvalue weighted by atomic mass is 9.77. The Balaban J connectivity index is 1.80. The highest BCUT2D eigenvalue weighted by Crippen LogP contribution is 2.52. The molecule has 7 nitrogen and oxygen atoms in total. The van der Waals surface area contributed by atoms with Gasteiger partial charge in [-0.05, 0) is 12.1 Å². The summed E-state index contributed by atoms with van der Waals surface area (Å²) in [5.41, 5.74) is -0.820. The summed E-state index contributed by atoms with van der Waals surface area (Å²) in [4.78, 5) is 38.8. The average Bonchev–Trinajstić information content (AvgIpc) is 3.25. The summed E-state index contributed by atoms with van der Waals surface area (Å²) in [6.45, 7) is -0.382. The van der Waals surface area contributed by atoms with Gasteiger partial charge in [-0.1, -0.05) is 24.3 Å². The van der Waals surface area contributed by atoms with Gasteiger partial charge in [-0.15, -0.1) is 0 Å². The van der Waals surface area contributed by atoms with Gasteiger partial charge >= 0.3 is 5.97 Å². The lowest BCUT2D eigenvalue weighted by molar-refractivity contribution is -0.128. The van der Waals surface area contributed by atoms with Crippen molar-refractivity contribution < 1.29 is 29.0 Å². The summed E-state index contributed by atoms with van der Waals surface area (Å²) in [7, 11) is 1.24. The van der Waals surface area contributed by atoms with Crippen LogP contribution in [0.25, 0.3) is 0 Å². The highest BCUT2D eigenvalue weighted by Gasteiger charge is 2.67. The summed E-state index contributed by atoms with van der Waals surface area (Å²) in [6.07, 6.45) is 2.83. The predicted molar refractivity (Wildman–Crippen MR) is 81.1 cm³/mol. The number of imide groups is 1. The van der Waals surface area contributed by atoms with E-state index in [0.29, 0.717) is 0 Å². The molecule has 0 unspecified atom stereocenters. The number of methoxy groups -OCH3 is 1. The summed E-state index contributed by atoms with van der Waals surface area (Å²) in [6, 6.07) is 6.30. The summed E-state index contributed by atoms with van der Waals surface area (Å²) in [5, 5.41) is 9.70. The van der Waals surface area contributed by atoms with Crippen molar-refractivity contribution >= 4 is 23.5 Å². The molecule has 0 saturated carbocycles. The quantitative estimate of drug-likeness (QED) is 0.486. The van der Waals surface area contributed by atoms with E-state index < -0.39 is 41.3 Å². The van der Waals surface area contributed by atoms with E-state index in [9.17, 15) is 19.5 Å². The van der Waals surface area contributed by atoms with Gasteiger partial charge in [0.25, 0.3) is 0 Å². The predicted octanol–water partition coefficient (Wildman–Crippen LogP) is 0.279. The first-order chi connectivity index (χ1) is 11.5. The zero-order valence-corrected chi connectivity index (χ0v) is 12.8. The van der Waals surface area contributed by atoms with Crippen LogP contribution >= 0.6 is 0 Å². The molecule has 2 amide bonds. The lowest BCUT2D eigenvalue weighted by Crippen LogP contribution is -2.43. The first kappa shape index (κ1) is 15.0. The van der Waals surface area contributed by atoms with Gasteiger partial charge in [0.1, 0.15) is 5.60 Å². The van der Waals surface area contributed by atoms with Gasteiger partial charge in [-0.3, -0.25) is 9.59 Å². The maximum Gasteiger partial charge on any atom is 0.339 e. The molecule has 4 rings (SSSR count). The van der Waals surface area contributed by atoms with Crippen LogP contribution in [0.1, 0.15) is 10.4 Å². The molecule has 2 bridgehead atoms. The standard InChI is InChI=1S/C17H15NO6/c1-23-16(22)9-4-2-3-5-10(9)18-14(20)12-11-6-7-17(8-19,24-11)13(12)15(18)21/h2-7,11-13,19H,8H2,1H3/t11-,12-,13+,17-/m1/s1. The lowest BCUT2D eigenvalue weighted by Gasteiger charge is -2.26. The fraction of sp³-hybridized carbons (Fsp3) is 0.353. The smallest absolute Gasteiger partial charge is 0.339 e. The molecular formula is C17H15NO6. The van der Waals surface area contributed by atoms with E-state index in [1.165, 1.54) is 19.2 Å². The van der Waals surface area contributed by atoms with E-state index in [0.717, 1.165) is 4.90 Å². The number of esters is 1. The third-order valence-electron chi connectivity index (χ3n) is 4.95. The van der Waals surface area contributed by atoms with E-state index in [2.05, 4.69) is 0 Å². The van der Waals surface area contributed by atoms with Gasteiger partial charge < -0.3 is 14.6 Å². The Bertz CT molecular complexity index is 787. The number of carbonyl (C=O) groups excluding carboxylic acids is 3. The number of aliphatic hydroxyl groups excluding tert-OH is 1. The monoisotopic (exact) mass is 329 g/mol. The molecule has 1 aromatic rings. The average molecular weight is 329 g/mol. The van der Waals surface area contributed by atoms with Gasteiger partial charge in [0.05, 0.1) is 42.9 Å². The minimum absolute atomic E-state index is 0.140. The van der Waals surface area contributed by atoms with Gasteiger partial charge in [-0.25, -0.2) is 9.69 Å². The molecule has 124 valence electrons. The summed E-state index contributed by atoms with van der Waals surface area (Å²) >= 11 is 0. The van der Waals surface area contributed by atoms with Crippen molar-refractivity contribution in [1.29, 1.82) is 0 Å². The maximum atomic E-state index is 12.9.